The van der Waals surface area contributed by atoms with Crippen LogP contribution in [0.2, 0.25) is 0 Å². The van der Waals surface area contributed by atoms with Crippen LogP contribution in [0.3, 0.4) is 0 Å². The first-order chi connectivity index (χ1) is 13.9. The first-order valence-corrected chi connectivity index (χ1v) is 10.7. The van der Waals surface area contributed by atoms with E-state index in [0.29, 0.717) is 0 Å². The summed E-state index contributed by atoms with van der Waals surface area (Å²) in [7, 11) is -10.0. The Hall–Kier alpha value is -3.46. The molecule has 156 valence electrons. The highest BCUT2D eigenvalue weighted by Gasteiger charge is 2.27. The van der Waals surface area contributed by atoms with Gasteiger partial charge in [-0.15, -0.1) is 5.11 Å². The summed E-state index contributed by atoms with van der Waals surface area (Å²) in [6, 6.07) is 9.35. The maximum absolute atomic E-state index is 11.8. The topological polar surface area (TPSA) is 203 Å². The van der Waals surface area contributed by atoms with E-state index in [-0.39, 0.29) is 33.5 Å². The van der Waals surface area contributed by atoms with Gasteiger partial charge in [0.25, 0.3) is 25.9 Å². The molecule has 0 amide bonds. The Balaban J connectivity index is 2.23. The van der Waals surface area contributed by atoms with Crippen molar-refractivity contribution < 1.29 is 30.9 Å². The predicted molar refractivity (Wildman–Crippen MR) is 105 cm³/mol. The predicted octanol–water partition coefficient (Wildman–Crippen LogP) is 3.24. The minimum atomic E-state index is -5.07. The van der Waals surface area contributed by atoms with Crippen molar-refractivity contribution in [2.45, 2.75) is 9.79 Å². The Morgan fingerprint density at radius 1 is 0.833 bits per heavy atom. The van der Waals surface area contributed by atoms with Gasteiger partial charge in [-0.25, -0.2) is 0 Å². The van der Waals surface area contributed by atoms with Crippen LogP contribution in [0.25, 0.3) is 10.8 Å². The van der Waals surface area contributed by atoms with E-state index >= 15 is 0 Å². The molecule has 3 aromatic carbocycles. The molecule has 0 fully saturated rings. The van der Waals surface area contributed by atoms with Crippen molar-refractivity contribution in [3.8, 4) is 0 Å². The highest BCUT2D eigenvalue weighted by molar-refractivity contribution is 7.89. The van der Waals surface area contributed by atoms with Gasteiger partial charge >= 0.3 is 0 Å². The Morgan fingerprint density at radius 3 is 1.97 bits per heavy atom. The molecule has 0 saturated carbocycles. The zero-order valence-corrected chi connectivity index (χ0v) is 16.3. The Labute approximate surface area is 169 Å². The van der Waals surface area contributed by atoms with Crippen molar-refractivity contribution >= 4 is 53.8 Å². The second-order valence-electron chi connectivity index (χ2n) is 5.91. The number of azo groups is 1. The van der Waals surface area contributed by atoms with Crippen molar-refractivity contribution in [3.63, 3.8) is 0 Å². The number of nitrogens with two attached hydrogens (primary N) is 1. The zero-order chi connectivity index (χ0) is 22.3. The minimum absolute atomic E-state index is 0.0284. The maximum Gasteiger partial charge on any atom is 0.296 e. The fraction of sp³-hybridized carbons (Fsp3) is 0. The van der Waals surface area contributed by atoms with E-state index < -0.39 is 35.0 Å². The van der Waals surface area contributed by atoms with Crippen LogP contribution < -0.4 is 5.73 Å². The van der Waals surface area contributed by atoms with Crippen LogP contribution in [0.4, 0.5) is 22.7 Å². The van der Waals surface area contributed by atoms with Crippen molar-refractivity contribution in [1.29, 1.82) is 0 Å². The van der Waals surface area contributed by atoms with Gasteiger partial charge in [0.15, 0.2) is 0 Å². The van der Waals surface area contributed by atoms with Crippen LogP contribution in [0, 0.1) is 10.1 Å². The number of fused-ring (bicyclic) bond motifs is 1. The molecule has 12 nitrogen and oxygen atoms in total. The molecule has 0 aromatic heterocycles. The maximum atomic E-state index is 11.8. The molecule has 3 rings (SSSR count). The van der Waals surface area contributed by atoms with Crippen molar-refractivity contribution in [2.75, 3.05) is 5.73 Å². The average molecular weight is 452 g/mol. The lowest BCUT2D eigenvalue weighted by molar-refractivity contribution is -0.384. The molecule has 4 N–H and O–H groups in total. The summed E-state index contributed by atoms with van der Waals surface area (Å²) in [6.07, 6.45) is 0. The van der Waals surface area contributed by atoms with E-state index in [1.165, 1.54) is 30.3 Å². The van der Waals surface area contributed by atoms with E-state index in [1.807, 2.05) is 0 Å². The zero-order valence-electron chi connectivity index (χ0n) is 14.7. The number of nitro groups is 1. The highest BCUT2D eigenvalue weighted by Crippen LogP contribution is 2.38. The lowest BCUT2D eigenvalue weighted by atomic mass is 10.1. The van der Waals surface area contributed by atoms with E-state index in [4.69, 9.17) is 5.73 Å². The summed E-state index contributed by atoms with van der Waals surface area (Å²) in [5.74, 6) is 0. The van der Waals surface area contributed by atoms with Crippen LogP contribution in [0.15, 0.2) is 68.6 Å². The second-order valence-corrected chi connectivity index (χ2v) is 8.66. The van der Waals surface area contributed by atoms with Crippen molar-refractivity contribution in [1.82, 2.24) is 0 Å². The molecule has 0 atom stereocenters. The standard InChI is InChI=1S/C16H12N4O8S2/c17-13-7-5-12-11(6-8-14(29(23,24)25)16(12)30(26,27)28)15(13)19-18-9-1-3-10(4-2-9)20(21)22/h1-8H,17H2,(H,23,24,25)(H,26,27,28). The molecule has 0 aliphatic carbocycles. The van der Waals surface area contributed by atoms with Gasteiger partial charge in [-0.05, 0) is 24.3 Å². The van der Waals surface area contributed by atoms with Crippen LogP contribution in [0.5, 0.6) is 0 Å². The molecule has 0 aliphatic heterocycles. The van der Waals surface area contributed by atoms with Crippen molar-refractivity contribution in [2.24, 2.45) is 10.2 Å². The summed E-state index contributed by atoms with van der Waals surface area (Å²) in [5, 5.41) is 18.3. The molecule has 0 spiro atoms. The van der Waals surface area contributed by atoms with Crippen LogP contribution in [-0.4, -0.2) is 30.9 Å². The van der Waals surface area contributed by atoms with Crippen LogP contribution >= 0.6 is 0 Å². The Kier molecular flexibility index (Phi) is 5.25. The van der Waals surface area contributed by atoms with Gasteiger partial charge in [-0.1, -0.05) is 12.1 Å². The summed E-state index contributed by atoms with van der Waals surface area (Å²) in [5.41, 5.74) is 5.95. The number of hydrogen-bond acceptors (Lipinski definition) is 9. The number of hydrogen-bond donors (Lipinski definition) is 3. The van der Waals surface area contributed by atoms with Gasteiger partial charge in [-0.2, -0.15) is 21.9 Å². The smallest absolute Gasteiger partial charge is 0.296 e. The molecular formula is C16H12N4O8S2. The number of nitro benzene ring substituents is 1. The third-order valence-corrected chi connectivity index (χ3v) is 5.96. The molecule has 30 heavy (non-hydrogen) atoms. The van der Waals surface area contributed by atoms with Crippen LogP contribution in [-0.2, 0) is 20.2 Å². The fourth-order valence-electron chi connectivity index (χ4n) is 2.69. The minimum Gasteiger partial charge on any atom is -0.397 e. The SMILES string of the molecule is Nc1ccc2c(S(=O)(=O)O)c(S(=O)(=O)O)ccc2c1N=Nc1ccc([N+](=O)[O-])cc1. The molecule has 0 bridgehead atoms. The summed E-state index contributed by atoms with van der Waals surface area (Å²) >= 11 is 0. The normalized spacial score (nSPS) is 12.5. The molecule has 0 unspecified atom stereocenters. The average Bonchev–Trinajstić information content (AvgIpc) is 2.65. The molecule has 0 heterocycles. The lowest BCUT2D eigenvalue weighted by Gasteiger charge is -2.11. The molecule has 0 aliphatic rings. The van der Waals surface area contributed by atoms with Gasteiger partial charge < -0.3 is 5.73 Å². The number of nitrogens with zero attached hydrogens (tertiary/aromatic N) is 3. The van der Waals surface area contributed by atoms with E-state index in [1.54, 1.807) is 0 Å². The van der Waals surface area contributed by atoms with Gasteiger partial charge in [-0.3, -0.25) is 19.2 Å². The third-order valence-electron chi connectivity index (χ3n) is 3.98. The molecule has 0 saturated heterocycles. The summed E-state index contributed by atoms with van der Waals surface area (Å²) < 4.78 is 65.6. The quantitative estimate of drug-likeness (QED) is 0.171. The molecule has 3 aromatic rings. The van der Waals surface area contributed by atoms with E-state index in [2.05, 4.69) is 10.2 Å². The Morgan fingerprint density at radius 2 is 1.43 bits per heavy atom. The second kappa shape index (κ2) is 7.42. The Bertz CT molecular complexity index is 1420. The number of anilines is 1. The highest BCUT2D eigenvalue weighted by atomic mass is 32.2. The number of rotatable bonds is 5. The van der Waals surface area contributed by atoms with Gasteiger partial charge in [0, 0.05) is 22.9 Å². The number of non-ortho nitro benzene ring substituents is 1. The largest absolute Gasteiger partial charge is 0.397 e. The summed E-state index contributed by atoms with van der Waals surface area (Å²) in [6.45, 7) is 0. The summed E-state index contributed by atoms with van der Waals surface area (Å²) in [4.78, 5) is 8.06. The number of benzene rings is 3. The molecular weight excluding hydrogens is 440 g/mol. The van der Waals surface area contributed by atoms with E-state index in [9.17, 15) is 36.1 Å². The lowest BCUT2D eigenvalue weighted by Crippen LogP contribution is -2.09. The first-order valence-electron chi connectivity index (χ1n) is 7.86. The van der Waals surface area contributed by atoms with E-state index in [0.717, 1.165) is 18.2 Å². The third kappa shape index (κ3) is 4.11. The molecule has 14 heteroatoms. The monoisotopic (exact) mass is 452 g/mol. The molecule has 0 radical (unpaired) electrons. The van der Waals surface area contributed by atoms with Gasteiger partial charge in [0.1, 0.15) is 15.5 Å². The van der Waals surface area contributed by atoms with Gasteiger partial charge in [0.2, 0.25) is 0 Å². The number of nitrogen functional groups attached to an aromatic ring is 1. The van der Waals surface area contributed by atoms with Gasteiger partial charge in [0.05, 0.1) is 16.3 Å². The fourth-order valence-corrected chi connectivity index (χ4v) is 4.68. The first kappa shape index (κ1) is 21.3. The van der Waals surface area contributed by atoms with Crippen molar-refractivity contribution in [3.05, 3.63) is 58.6 Å². The van der Waals surface area contributed by atoms with Crippen LogP contribution in [0.1, 0.15) is 0 Å².